The van der Waals surface area contributed by atoms with Crippen molar-refractivity contribution >= 4 is 28.5 Å². The third-order valence-corrected chi connectivity index (χ3v) is 5.05. The smallest absolute Gasteiger partial charge is 0.220 e. The van der Waals surface area contributed by atoms with Crippen molar-refractivity contribution in [3.8, 4) is 0 Å². The number of benzene rings is 1. The van der Waals surface area contributed by atoms with Crippen molar-refractivity contribution in [1.82, 2.24) is 9.78 Å². The molecule has 2 aromatic rings. The molecule has 2 heterocycles. The number of hydrogen-bond donors (Lipinski definition) is 3. The van der Waals surface area contributed by atoms with E-state index in [1.807, 2.05) is 23.1 Å². The van der Waals surface area contributed by atoms with Gasteiger partial charge in [-0.1, -0.05) is 6.42 Å². The average Bonchev–Trinajstić information content (AvgIpc) is 2.97. The van der Waals surface area contributed by atoms with Crippen molar-refractivity contribution in [3.05, 3.63) is 24.4 Å². The lowest BCUT2D eigenvalue weighted by atomic mass is 9.87. The summed E-state index contributed by atoms with van der Waals surface area (Å²) in [6.45, 7) is 0.530. The Kier molecular flexibility index (Phi) is 3.84. The highest BCUT2D eigenvalue weighted by molar-refractivity contribution is 6.06. The van der Waals surface area contributed by atoms with Gasteiger partial charge < -0.3 is 16.6 Å². The van der Waals surface area contributed by atoms with Crippen LogP contribution in [-0.2, 0) is 6.54 Å². The molecule has 0 bridgehead atoms. The van der Waals surface area contributed by atoms with Crippen LogP contribution in [0.2, 0.25) is 0 Å². The van der Waals surface area contributed by atoms with Crippen molar-refractivity contribution in [3.63, 3.8) is 0 Å². The first-order chi connectivity index (χ1) is 12.1. The zero-order valence-electron chi connectivity index (χ0n) is 14.1. The Morgan fingerprint density at radius 1 is 1.16 bits per heavy atom. The molecule has 8 heteroatoms. The maximum atomic E-state index is 9.15. The highest BCUT2D eigenvalue weighted by Gasteiger charge is 2.42. The Hall–Kier alpha value is -2.61. The van der Waals surface area contributed by atoms with Crippen LogP contribution in [0, 0.1) is 0 Å². The molecule has 25 heavy (non-hydrogen) atoms. The number of fused-ring (bicyclic) bond motifs is 1. The molecule has 4 rings (SSSR count). The minimum absolute atomic E-state index is 0.0569. The number of anilines is 1. The van der Waals surface area contributed by atoms with Crippen molar-refractivity contribution < 1.29 is 5.11 Å². The zero-order valence-corrected chi connectivity index (χ0v) is 14.1. The summed E-state index contributed by atoms with van der Waals surface area (Å²) in [6, 6.07) is 6.05. The molecule has 1 fully saturated rings. The van der Waals surface area contributed by atoms with Crippen molar-refractivity contribution in [2.45, 2.75) is 44.3 Å². The fraction of sp³-hybridized carbons (Fsp3) is 0.471. The van der Waals surface area contributed by atoms with Gasteiger partial charge in [0, 0.05) is 11.1 Å². The molecule has 2 aliphatic rings. The first-order valence-corrected chi connectivity index (χ1v) is 8.69. The van der Waals surface area contributed by atoms with Crippen molar-refractivity contribution in [2.75, 3.05) is 11.5 Å². The number of hydrogen-bond acceptors (Lipinski definition) is 7. The number of rotatable bonds is 3. The first-order valence-electron chi connectivity index (χ1n) is 8.69. The summed E-state index contributed by atoms with van der Waals surface area (Å²) in [5, 5.41) is 14.5. The Bertz CT molecular complexity index is 848. The molecule has 1 aromatic carbocycles. The minimum Gasteiger partial charge on any atom is -0.394 e. The Morgan fingerprint density at radius 2 is 1.96 bits per heavy atom. The van der Waals surface area contributed by atoms with Crippen molar-refractivity contribution in [1.29, 1.82) is 0 Å². The number of aromatic nitrogens is 2. The zero-order chi connectivity index (χ0) is 17.4. The average molecular weight is 341 g/mol. The highest BCUT2D eigenvalue weighted by atomic mass is 16.3. The minimum atomic E-state index is -0.442. The van der Waals surface area contributed by atoms with Crippen LogP contribution in [-0.4, -0.2) is 39.1 Å². The van der Waals surface area contributed by atoms with Crippen LogP contribution in [0.1, 0.15) is 32.1 Å². The van der Waals surface area contributed by atoms with Gasteiger partial charge in [0.15, 0.2) is 0 Å². The maximum Gasteiger partial charge on any atom is 0.220 e. The van der Waals surface area contributed by atoms with Gasteiger partial charge in [0.2, 0.25) is 11.9 Å². The lowest BCUT2D eigenvalue weighted by molar-refractivity contribution is 0.271. The molecule has 1 spiro atoms. The number of nitrogens with two attached hydrogens (primary N) is 2. The van der Waals surface area contributed by atoms with Gasteiger partial charge in [-0.15, -0.1) is 0 Å². The van der Waals surface area contributed by atoms with E-state index in [1.165, 1.54) is 6.42 Å². The molecule has 0 saturated heterocycles. The summed E-state index contributed by atoms with van der Waals surface area (Å²) in [6.07, 6.45) is 7.01. The summed E-state index contributed by atoms with van der Waals surface area (Å²) in [7, 11) is 0. The predicted molar refractivity (Wildman–Crippen MR) is 98.4 cm³/mol. The van der Waals surface area contributed by atoms with Crippen LogP contribution in [0.25, 0.3) is 10.9 Å². The van der Waals surface area contributed by atoms with Gasteiger partial charge in [0.25, 0.3) is 0 Å². The highest BCUT2D eigenvalue weighted by Crippen LogP contribution is 2.40. The monoisotopic (exact) mass is 341 g/mol. The molecule has 1 aliphatic carbocycles. The van der Waals surface area contributed by atoms with E-state index in [0.717, 1.165) is 42.3 Å². The lowest BCUT2D eigenvalue weighted by Crippen LogP contribution is -2.58. The van der Waals surface area contributed by atoms with E-state index in [0.29, 0.717) is 12.5 Å². The number of aliphatic imine (C=N–C) groups is 2. The Balaban J connectivity index is 1.78. The molecule has 5 N–H and O–H groups in total. The van der Waals surface area contributed by atoms with Gasteiger partial charge in [-0.3, -0.25) is 9.58 Å². The first kappa shape index (κ1) is 15.9. The SMILES string of the molecule is NC1=NC2(CCCCC2)N(c2ccc3c(cnn3CCO)c2)C(N)=N1. The van der Waals surface area contributed by atoms with Crippen LogP contribution in [0.3, 0.4) is 0 Å². The molecule has 1 aliphatic heterocycles. The summed E-state index contributed by atoms with van der Waals surface area (Å²) < 4.78 is 1.79. The number of aliphatic hydroxyl groups excluding tert-OH is 1. The van der Waals surface area contributed by atoms with Gasteiger partial charge >= 0.3 is 0 Å². The van der Waals surface area contributed by atoms with Crippen LogP contribution < -0.4 is 16.4 Å². The van der Waals surface area contributed by atoms with E-state index >= 15 is 0 Å². The molecular weight excluding hydrogens is 318 g/mol. The number of guanidine groups is 2. The van der Waals surface area contributed by atoms with E-state index in [1.54, 1.807) is 10.9 Å². The second kappa shape index (κ2) is 6.03. The van der Waals surface area contributed by atoms with Gasteiger partial charge in [0.1, 0.15) is 5.66 Å². The molecule has 0 amide bonds. The molecule has 0 radical (unpaired) electrons. The summed E-state index contributed by atoms with van der Waals surface area (Å²) in [5.41, 5.74) is 13.7. The standard InChI is InChI=1S/C17H23N7O/c18-15-21-16(19)24(17(22-15)6-2-1-3-7-17)13-4-5-14-12(10-13)11-20-23(14)8-9-25/h4-5,10-11,25H,1-3,6-9H2,(H4,18,19,21,22). The van der Waals surface area contributed by atoms with Gasteiger partial charge in [0.05, 0.1) is 24.9 Å². The molecular formula is C17H23N7O. The van der Waals surface area contributed by atoms with E-state index in [2.05, 4.69) is 10.1 Å². The topological polar surface area (TPSA) is 118 Å². The van der Waals surface area contributed by atoms with E-state index in [4.69, 9.17) is 21.6 Å². The van der Waals surface area contributed by atoms with E-state index in [-0.39, 0.29) is 12.6 Å². The Labute approximate surface area is 145 Å². The number of nitrogens with zero attached hydrogens (tertiary/aromatic N) is 5. The summed E-state index contributed by atoms with van der Waals surface area (Å²) in [4.78, 5) is 10.9. The second-order valence-electron chi connectivity index (χ2n) is 6.65. The van der Waals surface area contributed by atoms with Gasteiger partial charge in [-0.2, -0.15) is 10.1 Å². The van der Waals surface area contributed by atoms with Crippen LogP contribution >= 0.6 is 0 Å². The largest absolute Gasteiger partial charge is 0.394 e. The van der Waals surface area contributed by atoms with Gasteiger partial charge in [-0.25, -0.2) is 4.99 Å². The molecule has 1 saturated carbocycles. The molecule has 8 nitrogen and oxygen atoms in total. The maximum absolute atomic E-state index is 9.15. The fourth-order valence-corrected chi connectivity index (χ4v) is 3.98. The van der Waals surface area contributed by atoms with E-state index < -0.39 is 5.66 Å². The molecule has 0 atom stereocenters. The van der Waals surface area contributed by atoms with Gasteiger partial charge in [-0.05, 0) is 43.9 Å². The molecule has 1 aromatic heterocycles. The lowest BCUT2D eigenvalue weighted by Gasteiger charge is -2.45. The number of aliphatic hydroxyl groups is 1. The third kappa shape index (κ3) is 2.62. The van der Waals surface area contributed by atoms with Crippen LogP contribution in [0.4, 0.5) is 5.69 Å². The summed E-state index contributed by atoms with van der Waals surface area (Å²) in [5.74, 6) is 0.643. The quantitative estimate of drug-likeness (QED) is 0.773. The summed E-state index contributed by atoms with van der Waals surface area (Å²) >= 11 is 0. The fourth-order valence-electron chi connectivity index (χ4n) is 3.98. The molecule has 132 valence electrons. The van der Waals surface area contributed by atoms with Crippen LogP contribution in [0.15, 0.2) is 34.4 Å². The second-order valence-corrected chi connectivity index (χ2v) is 6.65. The van der Waals surface area contributed by atoms with Crippen molar-refractivity contribution in [2.24, 2.45) is 21.5 Å². The Morgan fingerprint density at radius 3 is 2.72 bits per heavy atom. The van der Waals surface area contributed by atoms with E-state index in [9.17, 15) is 0 Å². The third-order valence-electron chi connectivity index (χ3n) is 5.05. The predicted octanol–water partition coefficient (Wildman–Crippen LogP) is 1.14. The normalized spacial score (nSPS) is 20.0. The van der Waals surface area contributed by atoms with Crippen LogP contribution in [0.5, 0.6) is 0 Å². The molecule has 0 unspecified atom stereocenters.